The van der Waals surface area contributed by atoms with E-state index < -0.39 is 5.97 Å². The maximum atomic E-state index is 6.66. The number of ether oxygens (including phenoxy) is 4. The van der Waals surface area contributed by atoms with E-state index in [9.17, 15) is 0 Å². The van der Waals surface area contributed by atoms with Gasteiger partial charge in [-0.15, -0.1) is 0 Å². The summed E-state index contributed by atoms with van der Waals surface area (Å²) in [6.07, 6.45) is 27.4. The molecule has 1 unspecified atom stereocenters. The molecule has 1 atom stereocenters. The minimum atomic E-state index is -1.07. The fourth-order valence-electron chi connectivity index (χ4n) is 4.86. The van der Waals surface area contributed by atoms with Crippen molar-refractivity contribution >= 4 is 0 Å². The van der Waals surface area contributed by atoms with Crippen molar-refractivity contribution in [1.82, 2.24) is 0 Å². The van der Waals surface area contributed by atoms with Gasteiger partial charge < -0.3 is 18.9 Å². The monoisotopic (exact) mass is 543 g/mol. The summed E-state index contributed by atoms with van der Waals surface area (Å²) in [7, 11) is 0. The summed E-state index contributed by atoms with van der Waals surface area (Å²) in [4.78, 5) is 0. The summed E-state index contributed by atoms with van der Waals surface area (Å²) in [5, 5.41) is 0. The van der Waals surface area contributed by atoms with Crippen LogP contribution in [0.3, 0.4) is 0 Å². The van der Waals surface area contributed by atoms with E-state index >= 15 is 0 Å². The summed E-state index contributed by atoms with van der Waals surface area (Å²) in [5.74, 6) is -1.07. The van der Waals surface area contributed by atoms with Crippen molar-refractivity contribution in [3.05, 3.63) is 0 Å². The second kappa shape index (κ2) is 29.8. The molecule has 0 aliphatic rings. The lowest BCUT2D eigenvalue weighted by atomic mass is 10.1. The molecule has 0 aliphatic heterocycles. The minimum Gasteiger partial charge on any atom is -0.370 e. The minimum absolute atomic E-state index is 0.168. The van der Waals surface area contributed by atoms with Gasteiger partial charge in [-0.2, -0.15) is 0 Å². The lowest BCUT2D eigenvalue weighted by molar-refractivity contribution is -0.419. The highest BCUT2D eigenvalue weighted by Crippen LogP contribution is 2.30. The summed E-state index contributed by atoms with van der Waals surface area (Å²) in [5.41, 5.74) is 0. The van der Waals surface area contributed by atoms with Gasteiger partial charge in [0.15, 0.2) is 0 Å². The van der Waals surface area contributed by atoms with E-state index in [1.807, 2.05) is 0 Å². The van der Waals surface area contributed by atoms with E-state index in [4.69, 9.17) is 18.9 Å². The molecule has 0 N–H and O–H groups in total. The van der Waals surface area contributed by atoms with Crippen molar-refractivity contribution in [2.45, 2.75) is 194 Å². The molecule has 0 aromatic heterocycles. The van der Waals surface area contributed by atoms with Gasteiger partial charge in [0.1, 0.15) is 6.10 Å². The van der Waals surface area contributed by atoms with Crippen LogP contribution in [0.2, 0.25) is 0 Å². The van der Waals surface area contributed by atoms with Gasteiger partial charge >= 0.3 is 5.97 Å². The van der Waals surface area contributed by atoms with Crippen LogP contribution in [0.1, 0.15) is 182 Å². The number of rotatable bonds is 32. The second-order valence-electron chi connectivity index (χ2n) is 11.3. The second-order valence-corrected chi connectivity index (χ2v) is 11.3. The largest absolute Gasteiger partial charge is 0.370 e. The van der Waals surface area contributed by atoms with Gasteiger partial charge in [-0.25, -0.2) is 0 Å². The Balaban J connectivity index is 5.54. The zero-order valence-electron chi connectivity index (χ0n) is 26.8. The van der Waals surface area contributed by atoms with E-state index in [0.717, 1.165) is 45.1 Å². The van der Waals surface area contributed by atoms with Crippen molar-refractivity contribution in [2.24, 2.45) is 0 Å². The van der Waals surface area contributed by atoms with Crippen molar-refractivity contribution in [3.8, 4) is 0 Å². The topological polar surface area (TPSA) is 36.9 Å². The predicted molar refractivity (Wildman–Crippen MR) is 165 cm³/mol. The Morgan fingerprint density at radius 1 is 0.368 bits per heavy atom. The standard InChI is InChI=1S/C34H70O4/c1-6-11-16-21-22-23-28-33(35-29-24-17-12-7-2)34(36-30-25-18-13-8-3,37-31-26-19-14-9-4)38-32-27-20-15-10-5/h33H,6-32H2,1-5H3. The van der Waals surface area contributed by atoms with Crippen LogP contribution in [-0.4, -0.2) is 38.5 Å². The fraction of sp³-hybridized carbons (Fsp3) is 1.00. The normalized spacial score (nSPS) is 12.9. The van der Waals surface area contributed by atoms with Gasteiger partial charge in [0, 0.05) is 6.61 Å². The SMILES string of the molecule is CCCCCCCCC(OCCCCCC)C(OCCCCCC)(OCCCCCC)OCCCCCC. The first kappa shape index (κ1) is 37.8. The molecule has 230 valence electrons. The Morgan fingerprint density at radius 2 is 0.684 bits per heavy atom. The summed E-state index contributed by atoms with van der Waals surface area (Å²) >= 11 is 0. The maximum Gasteiger partial charge on any atom is 0.310 e. The molecule has 0 aliphatic carbocycles. The molecule has 0 spiro atoms. The van der Waals surface area contributed by atoms with E-state index in [0.29, 0.717) is 19.8 Å². The molecule has 4 nitrogen and oxygen atoms in total. The first-order chi connectivity index (χ1) is 18.7. The van der Waals surface area contributed by atoms with Crippen LogP contribution in [0.4, 0.5) is 0 Å². The summed E-state index contributed by atoms with van der Waals surface area (Å²) in [6, 6.07) is 0. The molecule has 0 aromatic rings. The quantitative estimate of drug-likeness (QED) is 0.0625. The molecular formula is C34H70O4. The van der Waals surface area contributed by atoms with Crippen LogP contribution in [0, 0.1) is 0 Å². The molecule has 0 saturated heterocycles. The van der Waals surface area contributed by atoms with Crippen LogP contribution in [-0.2, 0) is 18.9 Å². The molecule has 0 saturated carbocycles. The Labute approximate surface area is 239 Å². The highest BCUT2D eigenvalue weighted by molar-refractivity contribution is 4.74. The number of unbranched alkanes of at least 4 members (excludes halogenated alkanes) is 17. The average molecular weight is 543 g/mol. The van der Waals surface area contributed by atoms with Gasteiger partial charge in [0.2, 0.25) is 0 Å². The van der Waals surface area contributed by atoms with Gasteiger partial charge in [-0.05, 0) is 32.1 Å². The molecule has 0 rings (SSSR count). The molecular weight excluding hydrogens is 472 g/mol. The van der Waals surface area contributed by atoms with Gasteiger partial charge in [-0.3, -0.25) is 0 Å². The van der Waals surface area contributed by atoms with Gasteiger partial charge in [0.25, 0.3) is 0 Å². The molecule has 0 heterocycles. The maximum absolute atomic E-state index is 6.66. The molecule has 0 radical (unpaired) electrons. The Hall–Kier alpha value is -0.160. The average Bonchev–Trinajstić information content (AvgIpc) is 2.93. The first-order valence-electron chi connectivity index (χ1n) is 17.2. The summed E-state index contributed by atoms with van der Waals surface area (Å²) in [6.45, 7) is 14.1. The smallest absolute Gasteiger partial charge is 0.310 e. The predicted octanol–water partition coefficient (Wildman–Crippen LogP) is 11.1. The van der Waals surface area contributed by atoms with Crippen molar-refractivity contribution in [1.29, 1.82) is 0 Å². The van der Waals surface area contributed by atoms with E-state index in [2.05, 4.69) is 34.6 Å². The number of hydrogen-bond donors (Lipinski definition) is 0. The molecule has 38 heavy (non-hydrogen) atoms. The molecule has 0 bridgehead atoms. The Bertz CT molecular complexity index is 406. The highest BCUT2D eigenvalue weighted by Gasteiger charge is 2.43. The zero-order chi connectivity index (χ0) is 28.0. The van der Waals surface area contributed by atoms with Crippen molar-refractivity contribution < 1.29 is 18.9 Å². The van der Waals surface area contributed by atoms with Gasteiger partial charge in [0.05, 0.1) is 19.8 Å². The van der Waals surface area contributed by atoms with Crippen molar-refractivity contribution in [3.63, 3.8) is 0 Å². The zero-order valence-corrected chi connectivity index (χ0v) is 26.8. The third-order valence-corrected chi connectivity index (χ3v) is 7.43. The summed E-state index contributed by atoms with van der Waals surface area (Å²) < 4.78 is 26.6. The molecule has 0 amide bonds. The highest BCUT2D eigenvalue weighted by atomic mass is 16.9. The Kier molecular flexibility index (Phi) is 29.7. The van der Waals surface area contributed by atoms with Crippen LogP contribution in [0.5, 0.6) is 0 Å². The molecule has 0 fully saturated rings. The van der Waals surface area contributed by atoms with E-state index in [1.54, 1.807) is 0 Å². The van der Waals surface area contributed by atoms with Crippen LogP contribution >= 0.6 is 0 Å². The van der Waals surface area contributed by atoms with Crippen LogP contribution < -0.4 is 0 Å². The molecule has 0 aromatic carbocycles. The lowest BCUT2D eigenvalue weighted by Crippen LogP contribution is -2.52. The van der Waals surface area contributed by atoms with Crippen molar-refractivity contribution in [2.75, 3.05) is 26.4 Å². The van der Waals surface area contributed by atoms with E-state index in [-0.39, 0.29) is 6.10 Å². The van der Waals surface area contributed by atoms with Crippen LogP contribution in [0.15, 0.2) is 0 Å². The lowest BCUT2D eigenvalue weighted by Gasteiger charge is -2.39. The first-order valence-corrected chi connectivity index (χ1v) is 17.2. The molecule has 4 heteroatoms. The van der Waals surface area contributed by atoms with Gasteiger partial charge in [-0.1, -0.05) is 150 Å². The Morgan fingerprint density at radius 3 is 1.08 bits per heavy atom. The third kappa shape index (κ3) is 21.6. The number of hydrogen-bond acceptors (Lipinski definition) is 4. The van der Waals surface area contributed by atoms with Crippen LogP contribution in [0.25, 0.3) is 0 Å². The fourth-order valence-corrected chi connectivity index (χ4v) is 4.86. The third-order valence-electron chi connectivity index (χ3n) is 7.43. The van der Waals surface area contributed by atoms with E-state index in [1.165, 1.54) is 109 Å².